The largest absolute Gasteiger partial charge is 0.444 e. The van der Waals surface area contributed by atoms with E-state index in [9.17, 15) is 4.79 Å². The second kappa shape index (κ2) is 7.09. The van der Waals surface area contributed by atoms with Crippen molar-refractivity contribution >= 4 is 6.09 Å². The lowest BCUT2D eigenvalue weighted by molar-refractivity contribution is 0.0505. The molecule has 1 heterocycles. The number of alkyl carbamates (subject to hydrolysis) is 1. The molecule has 1 fully saturated rings. The van der Waals surface area contributed by atoms with Gasteiger partial charge in [-0.25, -0.2) is 4.79 Å². The molecule has 0 aromatic carbocycles. The van der Waals surface area contributed by atoms with E-state index < -0.39 is 5.60 Å². The molecule has 5 heteroatoms. The summed E-state index contributed by atoms with van der Waals surface area (Å²) < 4.78 is 5.31. The third-order valence-electron chi connectivity index (χ3n) is 3.82. The lowest BCUT2D eigenvalue weighted by atomic mass is 10.1. The average Bonchev–Trinajstić information content (AvgIpc) is 2.84. The molecule has 0 saturated heterocycles. The maximum absolute atomic E-state index is 11.8. The Labute approximate surface area is 132 Å². The van der Waals surface area contributed by atoms with Crippen molar-refractivity contribution < 1.29 is 9.53 Å². The minimum atomic E-state index is -0.449. The Balaban J connectivity index is 1.77. The molecule has 5 nitrogen and oxygen atoms in total. The van der Waals surface area contributed by atoms with Gasteiger partial charge >= 0.3 is 6.09 Å². The normalized spacial score (nSPS) is 23.1. The standard InChI is InChI=1S/C17H27N3O2/c1-12(13-6-5-9-18-11-13)19-14-7-8-15(10-14)20-16(21)22-17(2,3)4/h5-6,9,11-12,14-15,19H,7-8,10H2,1-4H3,(H,20,21)/t12-,14?,15?/m0/s1. The predicted molar refractivity (Wildman–Crippen MR) is 86.6 cm³/mol. The zero-order valence-electron chi connectivity index (χ0n) is 13.9. The van der Waals surface area contributed by atoms with Gasteiger partial charge in [-0.05, 0) is 58.6 Å². The minimum absolute atomic E-state index is 0.188. The summed E-state index contributed by atoms with van der Waals surface area (Å²) >= 11 is 0. The van der Waals surface area contributed by atoms with Crippen LogP contribution in [-0.2, 0) is 4.74 Å². The number of rotatable bonds is 4. The predicted octanol–water partition coefficient (Wildman–Crippen LogP) is 3.18. The van der Waals surface area contributed by atoms with Gasteiger partial charge in [-0.3, -0.25) is 4.98 Å². The molecule has 0 radical (unpaired) electrons. The van der Waals surface area contributed by atoms with Gasteiger partial charge in [0.1, 0.15) is 5.60 Å². The van der Waals surface area contributed by atoms with Crippen LogP contribution in [0.1, 0.15) is 58.6 Å². The number of carbonyl (C=O) groups excluding carboxylic acids is 1. The van der Waals surface area contributed by atoms with Gasteiger partial charge in [-0.15, -0.1) is 0 Å². The molecule has 22 heavy (non-hydrogen) atoms. The summed E-state index contributed by atoms with van der Waals surface area (Å²) in [7, 11) is 0. The average molecular weight is 305 g/mol. The van der Waals surface area contributed by atoms with Gasteiger partial charge in [0.25, 0.3) is 0 Å². The summed E-state index contributed by atoms with van der Waals surface area (Å²) in [5, 5.41) is 6.58. The third kappa shape index (κ3) is 5.30. The van der Waals surface area contributed by atoms with Gasteiger partial charge in [0, 0.05) is 30.5 Å². The van der Waals surface area contributed by atoms with E-state index in [-0.39, 0.29) is 18.2 Å². The Bertz CT molecular complexity index is 484. The van der Waals surface area contributed by atoms with E-state index in [1.54, 1.807) is 6.20 Å². The minimum Gasteiger partial charge on any atom is -0.444 e. The number of ether oxygens (including phenoxy) is 1. The summed E-state index contributed by atoms with van der Waals surface area (Å²) in [6, 6.07) is 4.90. The summed E-state index contributed by atoms with van der Waals surface area (Å²) in [6.07, 6.45) is 6.33. The molecule has 0 spiro atoms. The maximum atomic E-state index is 11.8. The first-order valence-electron chi connectivity index (χ1n) is 7.99. The number of nitrogens with one attached hydrogen (secondary N) is 2. The number of aromatic nitrogens is 1. The first kappa shape index (κ1) is 16.7. The zero-order chi connectivity index (χ0) is 16.2. The van der Waals surface area contributed by atoms with E-state index in [1.165, 1.54) is 5.56 Å². The summed E-state index contributed by atoms with van der Waals surface area (Å²) in [5.41, 5.74) is 0.737. The van der Waals surface area contributed by atoms with Crippen molar-refractivity contribution in [3.63, 3.8) is 0 Å². The van der Waals surface area contributed by atoms with Gasteiger partial charge in [0.05, 0.1) is 0 Å². The van der Waals surface area contributed by atoms with Crippen LogP contribution in [-0.4, -0.2) is 28.8 Å². The van der Waals surface area contributed by atoms with Crippen LogP contribution in [0, 0.1) is 0 Å². The molecular weight excluding hydrogens is 278 g/mol. The van der Waals surface area contributed by atoms with Crippen LogP contribution in [0.25, 0.3) is 0 Å². The van der Waals surface area contributed by atoms with Crippen molar-refractivity contribution in [3.05, 3.63) is 30.1 Å². The third-order valence-corrected chi connectivity index (χ3v) is 3.82. The number of pyridine rings is 1. The van der Waals surface area contributed by atoms with E-state index in [2.05, 4.69) is 28.6 Å². The van der Waals surface area contributed by atoms with E-state index >= 15 is 0 Å². The van der Waals surface area contributed by atoms with Crippen LogP contribution in [0.4, 0.5) is 4.79 Å². The van der Waals surface area contributed by atoms with Gasteiger partial charge in [0.15, 0.2) is 0 Å². The van der Waals surface area contributed by atoms with Crippen molar-refractivity contribution in [2.45, 2.75) is 70.7 Å². The van der Waals surface area contributed by atoms with Gasteiger partial charge in [-0.1, -0.05) is 6.07 Å². The topological polar surface area (TPSA) is 63.2 Å². The number of nitrogens with zero attached hydrogens (tertiary/aromatic N) is 1. The molecule has 2 rings (SSSR count). The van der Waals surface area contributed by atoms with Gasteiger partial charge in [-0.2, -0.15) is 0 Å². The number of hydrogen-bond donors (Lipinski definition) is 2. The quantitative estimate of drug-likeness (QED) is 0.897. The molecule has 3 atom stereocenters. The first-order chi connectivity index (χ1) is 10.3. The van der Waals surface area contributed by atoms with Gasteiger partial charge in [0.2, 0.25) is 0 Å². The van der Waals surface area contributed by atoms with Crippen LogP contribution < -0.4 is 10.6 Å². The summed E-state index contributed by atoms with van der Waals surface area (Å²) in [6.45, 7) is 7.77. The lowest BCUT2D eigenvalue weighted by Gasteiger charge is -2.22. The lowest BCUT2D eigenvalue weighted by Crippen LogP contribution is -2.39. The molecule has 1 aliphatic carbocycles. The monoisotopic (exact) mass is 305 g/mol. The second-order valence-electron chi connectivity index (χ2n) is 7.03. The number of amides is 1. The molecular formula is C17H27N3O2. The van der Waals surface area contributed by atoms with E-state index in [0.717, 1.165) is 19.3 Å². The molecule has 1 amide bonds. The van der Waals surface area contributed by atoms with Crippen molar-refractivity contribution in [2.24, 2.45) is 0 Å². The fourth-order valence-electron chi connectivity index (χ4n) is 2.82. The Morgan fingerprint density at radius 2 is 2.09 bits per heavy atom. The highest BCUT2D eigenvalue weighted by molar-refractivity contribution is 5.68. The smallest absolute Gasteiger partial charge is 0.407 e. The van der Waals surface area contributed by atoms with E-state index in [0.29, 0.717) is 6.04 Å². The van der Waals surface area contributed by atoms with Crippen LogP contribution in [0.2, 0.25) is 0 Å². The molecule has 0 aliphatic heterocycles. The maximum Gasteiger partial charge on any atom is 0.407 e. The van der Waals surface area contributed by atoms with Crippen molar-refractivity contribution in [3.8, 4) is 0 Å². The van der Waals surface area contributed by atoms with Crippen LogP contribution in [0.5, 0.6) is 0 Å². The highest BCUT2D eigenvalue weighted by Crippen LogP contribution is 2.23. The molecule has 122 valence electrons. The Morgan fingerprint density at radius 1 is 1.36 bits per heavy atom. The summed E-state index contributed by atoms with van der Waals surface area (Å²) in [5.74, 6) is 0. The summed E-state index contributed by atoms with van der Waals surface area (Å²) in [4.78, 5) is 16.0. The van der Waals surface area contributed by atoms with Crippen LogP contribution in [0.3, 0.4) is 0 Å². The molecule has 0 bridgehead atoms. The van der Waals surface area contributed by atoms with Crippen molar-refractivity contribution in [1.29, 1.82) is 0 Å². The number of carbonyl (C=O) groups is 1. The fourth-order valence-corrected chi connectivity index (χ4v) is 2.82. The second-order valence-corrected chi connectivity index (χ2v) is 7.03. The molecule has 1 aromatic heterocycles. The highest BCUT2D eigenvalue weighted by atomic mass is 16.6. The van der Waals surface area contributed by atoms with Crippen LogP contribution >= 0.6 is 0 Å². The molecule has 1 aliphatic rings. The first-order valence-corrected chi connectivity index (χ1v) is 7.99. The number of hydrogen-bond acceptors (Lipinski definition) is 4. The Kier molecular flexibility index (Phi) is 5.40. The van der Waals surface area contributed by atoms with E-state index in [4.69, 9.17) is 4.74 Å². The molecule has 2 unspecified atom stereocenters. The highest BCUT2D eigenvalue weighted by Gasteiger charge is 2.28. The Hall–Kier alpha value is -1.62. The van der Waals surface area contributed by atoms with Crippen molar-refractivity contribution in [1.82, 2.24) is 15.6 Å². The SMILES string of the molecule is C[C@H](NC1CCC(NC(=O)OC(C)(C)C)C1)c1cccnc1. The molecule has 1 aromatic rings. The fraction of sp³-hybridized carbons (Fsp3) is 0.647. The van der Waals surface area contributed by atoms with Crippen molar-refractivity contribution in [2.75, 3.05) is 0 Å². The Morgan fingerprint density at radius 3 is 2.73 bits per heavy atom. The zero-order valence-corrected chi connectivity index (χ0v) is 13.9. The molecule has 2 N–H and O–H groups in total. The van der Waals surface area contributed by atoms with E-state index in [1.807, 2.05) is 33.0 Å². The van der Waals surface area contributed by atoms with Gasteiger partial charge < -0.3 is 15.4 Å². The van der Waals surface area contributed by atoms with Crippen LogP contribution in [0.15, 0.2) is 24.5 Å². The molecule has 1 saturated carbocycles.